The smallest absolute Gasteiger partial charge is 0.326 e. The van der Waals surface area contributed by atoms with Crippen LogP contribution in [0.5, 0.6) is 0 Å². The van der Waals surface area contributed by atoms with E-state index in [0.29, 0.717) is 79.3 Å². The summed E-state index contributed by atoms with van der Waals surface area (Å²) in [6.45, 7) is 9.83. The SMILES string of the molecule is CC(C)(C)CC(=O)Nc1ccc(C2=NC(Cc3ccccc3C(F)(F)F)C(=O)Nc3ccc(Cl)cc32)cc1.CC(C)CC(=O)Nc1ccc(C2=NC(Cc3ccccc3C(F)(F)F)C(=O)Nc3ccc(Cl)cc32)cc1. The van der Waals surface area contributed by atoms with Crippen LogP contribution < -0.4 is 21.3 Å². The molecule has 0 spiro atoms. The van der Waals surface area contributed by atoms with E-state index < -0.39 is 47.4 Å². The normalized spacial score (nSPS) is 15.6. The number of alkyl halides is 6. The van der Waals surface area contributed by atoms with Gasteiger partial charge in [-0.1, -0.05) is 118 Å². The van der Waals surface area contributed by atoms with Crippen molar-refractivity contribution in [3.05, 3.63) is 188 Å². The highest BCUT2D eigenvalue weighted by Crippen LogP contribution is 2.36. The number of nitrogens with zero attached hydrogens (tertiary/aromatic N) is 2. The highest BCUT2D eigenvalue weighted by atomic mass is 35.5. The first-order valence-corrected chi connectivity index (χ1v) is 24.5. The van der Waals surface area contributed by atoms with Crippen LogP contribution in [0, 0.1) is 11.3 Å². The van der Waals surface area contributed by atoms with E-state index in [4.69, 9.17) is 23.2 Å². The summed E-state index contributed by atoms with van der Waals surface area (Å²) >= 11 is 12.5. The summed E-state index contributed by atoms with van der Waals surface area (Å²) in [6, 6.07) is 31.8. The van der Waals surface area contributed by atoms with Gasteiger partial charge in [-0.25, -0.2) is 0 Å². The highest BCUT2D eigenvalue weighted by Gasteiger charge is 2.37. The van der Waals surface area contributed by atoms with Crippen LogP contribution >= 0.6 is 23.2 Å². The number of carbonyl (C=O) groups is 4. The van der Waals surface area contributed by atoms with E-state index in [1.807, 2.05) is 34.6 Å². The van der Waals surface area contributed by atoms with Gasteiger partial charge in [-0.2, -0.15) is 26.3 Å². The van der Waals surface area contributed by atoms with Gasteiger partial charge in [0.1, 0.15) is 12.1 Å². The summed E-state index contributed by atoms with van der Waals surface area (Å²) in [6.07, 6.45) is -8.87. The number of aliphatic imine (C=N–C) groups is 2. The summed E-state index contributed by atoms with van der Waals surface area (Å²) in [5.74, 6) is -1.05. The average molecular weight is 1070 g/mol. The van der Waals surface area contributed by atoms with Gasteiger partial charge in [0.25, 0.3) is 0 Å². The summed E-state index contributed by atoms with van der Waals surface area (Å²) in [4.78, 5) is 60.0. The maximum absolute atomic E-state index is 13.6. The van der Waals surface area contributed by atoms with Crippen molar-refractivity contribution in [3.63, 3.8) is 0 Å². The van der Waals surface area contributed by atoms with E-state index in [0.717, 1.165) is 12.1 Å². The van der Waals surface area contributed by atoms with E-state index in [9.17, 15) is 45.5 Å². The lowest BCUT2D eigenvalue weighted by Gasteiger charge is -2.17. The van der Waals surface area contributed by atoms with E-state index in [2.05, 4.69) is 31.3 Å². The van der Waals surface area contributed by atoms with Crippen molar-refractivity contribution in [2.45, 2.75) is 84.7 Å². The van der Waals surface area contributed by atoms with Crippen LogP contribution in [0.3, 0.4) is 0 Å². The fourth-order valence-electron chi connectivity index (χ4n) is 8.44. The van der Waals surface area contributed by atoms with E-state index >= 15 is 0 Å². The molecule has 0 fully saturated rings. The van der Waals surface area contributed by atoms with E-state index in [1.54, 1.807) is 84.9 Å². The number of benzodiazepines with no additional fused rings is 2. The molecule has 4 N–H and O–H groups in total. The molecule has 10 nitrogen and oxygen atoms in total. The third-order valence-electron chi connectivity index (χ3n) is 11.8. The first-order chi connectivity index (χ1) is 35.3. The quantitative estimate of drug-likeness (QED) is 0.0959. The minimum atomic E-state index is -4.56. The van der Waals surface area contributed by atoms with Crippen LogP contribution in [0.4, 0.5) is 49.1 Å². The Morgan fingerprint density at radius 3 is 1.33 bits per heavy atom. The number of carbonyl (C=O) groups excluding carboxylic acids is 4. The second-order valence-electron chi connectivity index (χ2n) is 19.6. The van der Waals surface area contributed by atoms with Crippen LogP contribution in [0.15, 0.2) is 143 Å². The number of anilines is 4. The fraction of sp³-hybridized carbons (Fsp3) is 0.263. The standard InChI is InChI=1S/C29H27ClF3N3O2.C28H25ClF3N3O2/c1-28(2,3)16-25(37)34-20-11-8-17(9-12-20)26-21-15-19(30)10-13-23(21)36-27(38)24(35-26)14-18-6-4-5-7-22(18)29(31,32)33;1-16(2)13-25(36)33-20-10-7-17(8-11-20)26-21-15-19(29)9-12-23(21)35-27(37)24(34-26)14-18-5-3-4-6-22(18)28(30,31)32/h4-13,15,24H,14,16H2,1-3H3,(H,34,37)(H,36,38);3-12,15-16,24H,13-14H2,1-2H3,(H,33,36)(H,35,37). The van der Waals surface area contributed by atoms with Crippen molar-refractivity contribution in [2.75, 3.05) is 21.3 Å². The molecule has 2 unspecified atom stereocenters. The number of hydrogen-bond donors (Lipinski definition) is 4. The van der Waals surface area contributed by atoms with Crippen LogP contribution in [0.25, 0.3) is 0 Å². The van der Waals surface area contributed by atoms with Gasteiger partial charge in [0.15, 0.2) is 0 Å². The minimum Gasteiger partial charge on any atom is -0.326 e. The third-order valence-corrected chi connectivity index (χ3v) is 12.3. The van der Waals surface area contributed by atoms with Crippen LogP contribution in [-0.2, 0) is 44.4 Å². The lowest BCUT2D eigenvalue weighted by atomic mass is 9.92. The number of halogens is 8. The summed E-state index contributed by atoms with van der Waals surface area (Å²) in [7, 11) is 0. The monoisotopic (exact) mass is 1070 g/mol. The van der Waals surface area contributed by atoms with Gasteiger partial charge in [0.2, 0.25) is 23.6 Å². The molecule has 390 valence electrons. The van der Waals surface area contributed by atoms with Crippen molar-refractivity contribution in [3.8, 4) is 0 Å². The average Bonchev–Trinajstić information content (AvgIpc) is 3.54. The van der Waals surface area contributed by atoms with Gasteiger partial charge in [0, 0.05) is 69.4 Å². The molecule has 6 aromatic rings. The van der Waals surface area contributed by atoms with Crippen molar-refractivity contribution in [2.24, 2.45) is 21.3 Å². The molecule has 2 aliphatic rings. The number of fused-ring (bicyclic) bond motifs is 2. The summed E-state index contributed by atoms with van der Waals surface area (Å²) in [5, 5.41) is 12.1. The maximum atomic E-state index is 13.6. The largest absolute Gasteiger partial charge is 0.416 e. The number of nitrogens with one attached hydrogen (secondary N) is 4. The molecule has 0 aliphatic carbocycles. The van der Waals surface area contributed by atoms with Gasteiger partial charge < -0.3 is 21.3 Å². The topological polar surface area (TPSA) is 141 Å². The van der Waals surface area contributed by atoms with Crippen molar-refractivity contribution in [1.82, 2.24) is 0 Å². The number of benzene rings is 6. The molecule has 0 bridgehead atoms. The Balaban J connectivity index is 0.000000219. The van der Waals surface area contributed by atoms with Gasteiger partial charge >= 0.3 is 12.4 Å². The predicted molar refractivity (Wildman–Crippen MR) is 283 cm³/mol. The summed E-state index contributed by atoms with van der Waals surface area (Å²) in [5.41, 5.74) is 3.42. The lowest BCUT2D eigenvalue weighted by molar-refractivity contribution is -0.139. The lowest BCUT2D eigenvalue weighted by Crippen LogP contribution is -2.28. The molecule has 2 aliphatic heterocycles. The molecule has 0 saturated heterocycles. The number of rotatable bonds is 11. The predicted octanol–water partition coefficient (Wildman–Crippen LogP) is 13.9. The molecule has 6 aromatic carbocycles. The second kappa shape index (κ2) is 23.1. The van der Waals surface area contributed by atoms with Crippen molar-refractivity contribution < 1.29 is 45.5 Å². The Bertz CT molecular complexity index is 3170. The minimum absolute atomic E-state index is 0.0227. The molecular weight excluding hydrogens is 1020 g/mol. The van der Waals surface area contributed by atoms with Crippen LogP contribution in [0.2, 0.25) is 10.0 Å². The molecular formula is C57H52Cl2F6N6O4. The molecule has 8 rings (SSSR count). The zero-order valence-corrected chi connectivity index (χ0v) is 42.8. The van der Waals surface area contributed by atoms with Gasteiger partial charge in [-0.15, -0.1) is 0 Å². The molecule has 18 heteroatoms. The zero-order chi connectivity index (χ0) is 54.4. The summed E-state index contributed by atoms with van der Waals surface area (Å²) < 4.78 is 81.7. The van der Waals surface area contributed by atoms with Gasteiger partial charge in [-0.05, 0) is 95.3 Å². The van der Waals surface area contributed by atoms with E-state index in [-0.39, 0.29) is 47.1 Å². The molecule has 0 saturated carbocycles. The van der Waals surface area contributed by atoms with Gasteiger partial charge in [-0.3, -0.25) is 29.2 Å². The molecule has 2 heterocycles. The maximum Gasteiger partial charge on any atom is 0.416 e. The first kappa shape index (κ1) is 55.5. The Hall–Kier alpha value is -7.30. The van der Waals surface area contributed by atoms with Crippen LogP contribution in [-0.4, -0.2) is 47.1 Å². The Morgan fingerprint density at radius 2 is 0.960 bits per heavy atom. The molecule has 4 amide bonds. The van der Waals surface area contributed by atoms with E-state index in [1.165, 1.54) is 36.4 Å². The number of hydrogen-bond acceptors (Lipinski definition) is 6. The first-order valence-electron chi connectivity index (χ1n) is 23.8. The Morgan fingerprint density at radius 1 is 0.573 bits per heavy atom. The Labute approximate surface area is 440 Å². The van der Waals surface area contributed by atoms with Gasteiger partial charge in [0.05, 0.1) is 33.9 Å². The van der Waals surface area contributed by atoms with Crippen molar-refractivity contribution in [1.29, 1.82) is 0 Å². The second-order valence-corrected chi connectivity index (χ2v) is 20.5. The Kier molecular flexibility index (Phi) is 17.1. The zero-order valence-electron chi connectivity index (χ0n) is 41.3. The molecule has 2 atom stereocenters. The fourth-order valence-corrected chi connectivity index (χ4v) is 8.78. The third kappa shape index (κ3) is 14.7. The number of amides is 4. The molecule has 0 radical (unpaired) electrons. The molecule has 0 aromatic heterocycles. The molecule has 75 heavy (non-hydrogen) atoms. The van der Waals surface area contributed by atoms with Crippen molar-refractivity contribution >= 4 is 81.0 Å². The highest BCUT2D eigenvalue weighted by molar-refractivity contribution is 6.32. The van der Waals surface area contributed by atoms with Crippen LogP contribution in [0.1, 0.15) is 92.0 Å².